The summed E-state index contributed by atoms with van der Waals surface area (Å²) in [6.07, 6.45) is 2.06. The van der Waals surface area contributed by atoms with Crippen LogP contribution in [0.15, 0.2) is 18.2 Å². The molecule has 1 amide bonds. The number of carbonyl (C=O) groups excluding carboxylic acids is 1. The number of piperidine rings is 1. The van der Waals surface area contributed by atoms with Gasteiger partial charge >= 0.3 is 0 Å². The third-order valence-electron chi connectivity index (χ3n) is 4.26. The highest BCUT2D eigenvalue weighted by atomic mass is 32.2. The molecule has 1 fully saturated rings. The van der Waals surface area contributed by atoms with Gasteiger partial charge < -0.3 is 5.32 Å². The first kappa shape index (κ1) is 17.9. The van der Waals surface area contributed by atoms with Crippen LogP contribution in [0.4, 0.5) is 5.69 Å². The Morgan fingerprint density at radius 3 is 2.78 bits per heavy atom. The number of amides is 1. The van der Waals surface area contributed by atoms with Gasteiger partial charge in [-0.3, -0.25) is 4.79 Å². The summed E-state index contributed by atoms with van der Waals surface area (Å²) in [7, 11) is -3.23. The number of aryl methyl sites for hydroxylation is 2. The fraction of sp³-hybridized carbons (Fsp3) is 0.588. The minimum absolute atomic E-state index is 0.0879. The van der Waals surface area contributed by atoms with Gasteiger partial charge in [0, 0.05) is 18.8 Å². The molecule has 0 unspecified atom stereocenters. The van der Waals surface area contributed by atoms with Crippen molar-refractivity contribution in [3.63, 3.8) is 0 Å². The molecule has 0 aromatic heterocycles. The highest BCUT2D eigenvalue weighted by molar-refractivity contribution is 7.89. The number of sulfonamides is 1. The molecule has 128 valence electrons. The maximum Gasteiger partial charge on any atom is 0.228 e. The van der Waals surface area contributed by atoms with Gasteiger partial charge in [-0.15, -0.1) is 0 Å². The zero-order valence-corrected chi connectivity index (χ0v) is 14.9. The molecule has 23 heavy (non-hydrogen) atoms. The van der Waals surface area contributed by atoms with Crippen LogP contribution in [0.5, 0.6) is 0 Å². The Balaban J connectivity index is 2.06. The lowest BCUT2D eigenvalue weighted by atomic mass is 9.98. The summed E-state index contributed by atoms with van der Waals surface area (Å²) in [6.45, 7) is 6.60. The van der Waals surface area contributed by atoms with Gasteiger partial charge in [0.15, 0.2) is 0 Å². The van der Waals surface area contributed by atoms with E-state index in [2.05, 4.69) is 5.32 Å². The number of rotatable bonds is 5. The van der Waals surface area contributed by atoms with E-state index >= 15 is 0 Å². The van der Waals surface area contributed by atoms with Crippen molar-refractivity contribution in [3.05, 3.63) is 29.3 Å². The first-order valence-electron chi connectivity index (χ1n) is 8.19. The van der Waals surface area contributed by atoms with Gasteiger partial charge in [-0.1, -0.05) is 19.1 Å². The molecule has 1 aromatic carbocycles. The standard InChI is InChI=1S/C17H26N2O3S/c1-4-10-23(21,22)19-9-5-6-15(12-19)17(20)18-16-11-13(2)7-8-14(16)3/h7-8,11,15H,4-6,9-10,12H2,1-3H3,(H,18,20)/t15-/m1/s1. The van der Waals surface area contributed by atoms with Crippen molar-refractivity contribution in [2.24, 2.45) is 5.92 Å². The molecule has 1 aliphatic heterocycles. The zero-order valence-electron chi connectivity index (χ0n) is 14.1. The predicted octanol–water partition coefficient (Wildman–Crippen LogP) is 2.69. The maximum absolute atomic E-state index is 12.5. The molecule has 6 heteroatoms. The Hall–Kier alpha value is -1.40. The average Bonchev–Trinajstić information content (AvgIpc) is 2.51. The molecule has 0 spiro atoms. The quantitative estimate of drug-likeness (QED) is 0.897. The lowest BCUT2D eigenvalue weighted by Crippen LogP contribution is -2.44. The van der Waals surface area contributed by atoms with Crippen LogP contribution in [0.2, 0.25) is 0 Å². The van der Waals surface area contributed by atoms with Crippen molar-refractivity contribution in [2.75, 3.05) is 24.2 Å². The second-order valence-corrected chi connectivity index (χ2v) is 8.41. The van der Waals surface area contributed by atoms with Crippen molar-refractivity contribution >= 4 is 21.6 Å². The minimum atomic E-state index is -3.23. The van der Waals surface area contributed by atoms with E-state index in [1.54, 1.807) is 0 Å². The molecule has 1 N–H and O–H groups in total. The van der Waals surface area contributed by atoms with Crippen molar-refractivity contribution in [2.45, 2.75) is 40.0 Å². The molecule has 0 aliphatic carbocycles. The van der Waals surface area contributed by atoms with E-state index in [-0.39, 0.29) is 17.6 Å². The SMILES string of the molecule is CCCS(=O)(=O)N1CCC[C@@H](C(=O)Nc2cc(C)ccc2C)C1. The first-order valence-corrected chi connectivity index (χ1v) is 9.80. The zero-order chi connectivity index (χ0) is 17.0. The summed E-state index contributed by atoms with van der Waals surface area (Å²) in [5.41, 5.74) is 2.90. The van der Waals surface area contributed by atoms with E-state index in [1.165, 1.54) is 4.31 Å². The smallest absolute Gasteiger partial charge is 0.228 e. The van der Waals surface area contributed by atoms with E-state index in [0.717, 1.165) is 29.7 Å². The Morgan fingerprint density at radius 1 is 1.35 bits per heavy atom. The van der Waals surface area contributed by atoms with E-state index in [4.69, 9.17) is 0 Å². The van der Waals surface area contributed by atoms with Crippen LogP contribution in [0.3, 0.4) is 0 Å². The van der Waals surface area contributed by atoms with Crippen molar-refractivity contribution in [1.82, 2.24) is 4.31 Å². The lowest BCUT2D eigenvalue weighted by molar-refractivity contribution is -0.120. The van der Waals surface area contributed by atoms with Gasteiger partial charge in [-0.2, -0.15) is 0 Å². The molecule has 0 bridgehead atoms. The summed E-state index contributed by atoms with van der Waals surface area (Å²) in [5.74, 6) is -0.219. The fourth-order valence-corrected chi connectivity index (χ4v) is 4.49. The molecular formula is C17H26N2O3S. The topological polar surface area (TPSA) is 66.5 Å². The third-order valence-corrected chi connectivity index (χ3v) is 6.30. The largest absolute Gasteiger partial charge is 0.326 e. The fourth-order valence-electron chi connectivity index (χ4n) is 2.90. The lowest BCUT2D eigenvalue weighted by Gasteiger charge is -2.31. The van der Waals surface area contributed by atoms with Crippen LogP contribution in [0, 0.1) is 19.8 Å². The molecule has 1 saturated heterocycles. The number of nitrogens with one attached hydrogen (secondary N) is 1. The summed E-state index contributed by atoms with van der Waals surface area (Å²) < 4.78 is 25.9. The highest BCUT2D eigenvalue weighted by Gasteiger charge is 2.31. The predicted molar refractivity (Wildman–Crippen MR) is 92.9 cm³/mol. The van der Waals surface area contributed by atoms with E-state index in [9.17, 15) is 13.2 Å². The monoisotopic (exact) mass is 338 g/mol. The third kappa shape index (κ3) is 4.54. The van der Waals surface area contributed by atoms with Crippen molar-refractivity contribution in [3.8, 4) is 0 Å². The van der Waals surface area contributed by atoms with Gasteiger partial charge in [0.05, 0.1) is 11.7 Å². The first-order chi connectivity index (χ1) is 10.8. The van der Waals surface area contributed by atoms with Gasteiger partial charge in [0.2, 0.25) is 15.9 Å². The van der Waals surface area contributed by atoms with Crippen molar-refractivity contribution in [1.29, 1.82) is 0 Å². The Kier molecular flexibility index (Phi) is 5.81. The normalized spacial score (nSPS) is 19.5. The highest BCUT2D eigenvalue weighted by Crippen LogP contribution is 2.23. The Morgan fingerprint density at radius 2 is 2.09 bits per heavy atom. The molecule has 1 aliphatic rings. The summed E-state index contributed by atoms with van der Waals surface area (Å²) in [4.78, 5) is 12.5. The number of hydrogen-bond donors (Lipinski definition) is 1. The van der Waals surface area contributed by atoms with Crippen LogP contribution in [-0.4, -0.2) is 37.5 Å². The van der Waals surface area contributed by atoms with Gasteiger partial charge in [0.25, 0.3) is 0 Å². The molecular weight excluding hydrogens is 312 g/mol. The minimum Gasteiger partial charge on any atom is -0.326 e. The molecule has 1 aromatic rings. The average molecular weight is 338 g/mol. The summed E-state index contributed by atoms with van der Waals surface area (Å²) in [6, 6.07) is 5.93. The number of anilines is 1. The molecule has 2 rings (SSSR count). The second kappa shape index (κ2) is 7.45. The number of benzene rings is 1. The van der Waals surface area contributed by atoms with E-state index in [0.29, 0.717) is 19.5 Å². The molecule has 0 saturated carbocycles. The van der Waals surface area contributed by atoms with E-state index < -0.39 is 10.0 Å². The van der Waals surface area contributed by atoms with Gasteiger partial charge in [-0.05, 0) is 50.3 Å². The number of carbonyl (C=O) groups is 1. The Bertz CT molecular complexity index is 670. The number of nitrogens with zero attached hydrogens (tertiary/aromatic N) is 1. The molecule has 0 radical (unpaired) electrons. The van der Waals surface area contributed by atoms with Crippen LogP contribution in [0.1, 0.15) is 37.3 Å². The molecule has 1 atom stereocenters. The second-order valence-electron chi connectivity index (χ2n) is 6.32. The van der Waals surface area contributed by atoms with Crippen LogP contribution < -0.4 is 5.32 Å². The Labute approximate surface area is 139 Å². The van der Waals surface area contributed by atoms with Crippen LogP contribution >= 0.6 is 0 Å². The summed E-state index contributed by atoms with van der Waals surface area (Å²) >= 11 is 0. The molecule has 5 nitrogen and oxygen atoms in total. The van der Waals surface area contributed by atoms with Gasteiger partial charge in [-0.25, -0.2) is 12.7 Å². The molecule has 1 heterocycles. The van der Waals surface area contributed by atoms with E-state index in [1.807, 2.05) is 39.0 Å². The maximum atomic E-state index is 12.5. The van der Waals surface area contributed by atoms with Crippen LogP contribution in [0.25, 0.3) is 0 Å². The van der Waals surface area contributed by atoms with Crippen LogP contribution in [-0.2, 0) is 14.8 Å². The van der Waals surface area contributed by atoms with Crippen molar-refractivity contribution < 1.29 is 13.2 Å². The van der Waals surface area contributed by atoms with Gasteiger partial charge in [0.1, 0.15) is 0 Å². The number of hydrogen-bond acceptors (Lipinski definition) is 3. The summed E-state index contributed by atoms with van der Waals surface area (Å²) in [5, 5.41) is 2.96.